The van der Waals surface area contributed by atoms with E-state index in [1.807, 2.05) is 18.5 Å². The molecule has 0 aliphatic carbocycles. The second kappa shape index (κ2) is 7.10. The highest BCUT2D eigenvalue weighted by Gasteiger charge is 2.12. The molecule has 3 heteroatoms. The van der Waals surface area contributed by atoms with Crippen molar-refractivity contribution < 1.29 is 0 Å². The predicted molar refractivity (Wildman–Crippen MR) is 120 cm³/mol. The Labute approximate surface area is 168 Å². The van der Waals surface area contributed by atoms with Crippen molar-refractivity contribution in [3.8, 4) is 22.4 Å². The first-order chi connectivity index (χ1) is 13.8. The smallest absolute Gasteiger partial charge is 0.0722 e. The Kier molecular flexibility index (Phi) is 4.30. The first kappa shape index (κ1) is 17.0. The van der Waals surface area contributed by atoms with Gasteiger partial charge in [0, 0.05) is 33.8 Å². The highest BCUT2D eigenvalue weighted by Crippen LogP contribution is 2.36. The molecule has 28 heavy (non-hydrogen) atoms. The van der Waals surface area contributed by atoms with Crippen molar-refractivity contribution in [2.24, 2.45) is 0 Å². The van der Waals surface area contributed by atoms with Gasteiger partial charge in [0.1, 0.15) is 0 Å². The molecule has 0 amide bonds. The van der Waals surface area contributed by atoms with Gasteiger partial charge in [-0.1, -0.05) is 48.5 Å². The van der Waals surface area contributed by atoms with E-state index in [1.54, 1.807) is 11.8 Å². The van der Waals surface area contributed by atoms with Crippen LogP contribution in [0.15, 0.2) is 96.2 Å². The number of fused-ring (bicyclic) bond motifs is 3. The summed E-state index contributed by atoms with van der Waals surface area (Å²) >= 11 is 1.75. The average Bonchev–Trinajstić information content (AvgIpc) is 2.79. The quantitative estimate of drug-likeness (QED) is 0.254. The van der Waals surface area contributed by atoms with E-state index in [9.17, 15) is 0 Å². The summed E-state index contributed by atoms with van der Waals surface area (Å²) in [7, 11) is 0. The molecule has 0 saturated heterocycles. The summed E-state index contributed by atoms with van der Waals surface area (Å²) in [5, 5.41) is 3.62. The summed E-state index contributed by atoms with van der Waals surface area (Å²) in [6.45, 7) is 0. The second-order valence-electron chi connectivity index (χ2n) is 6.71. The molecule has 0 unspecified atom stereocenters. The molecular formula is C25H18N2S. The van der Waals surface area contributed by atoms with Crippen molar-refractivity contribution in [2.75, 3.05) is 6.26 Å². The lowest BCUT2D eigenvalue weighted by Gasteiger charge is -2.13. The van der Waals surface area contributed by atoms with Crippen LogP contribution < -0.4 is 0 Å². The average molecular weight is 379 g/mol. The van der Waals surface area contributed by atoms with Crippen molar-refractivity contribution in [2.45, 2.75) is 4.90 Å². The van der Waals surface area contributed by atoms with Gasteiger partial charge >= 0.3 is 0 Å². The first-order valence-corrected chi connectivity index (χ1v) is 10.4. The Morgan fingerprint density at radius 1 is 0.786 bits per heavy atom. The van der Waals surface area contributed by atoms with Crippen LogP contribution in [0.5, 0.6) is 0 Å². The fraction of sp³-hybridized carbons (Fsp3) is 0.0400. The number of aromatic nitrogens is 2. The van der Waals surface area contributed by atoms with Gasteiger partial charge in [-0.15, -0.1) is 11.8 Å². The van der Waals surface area contributed by atoms with E-state index in [4.69, 9.17) is 4.98 Å². The van der Waals surface area contributed by atoms with E-state index >= 15 is 0 Å². The van der Waals surface area contributed by atoms with Gasteiger partial charge in [-0.3, -0.25) is 4.98 Å². The van der Waals surface area contributed by atoms with E-state index < -0.39 is 0 Å². The summed E-state index contributed by atoms with van der Waals surface area (Å²) in [6, 6.07) is 27.6. The Morgan fingerprint density at radius 3 is 2.43 bits per heavy atom. The maximum absolute atomic E-state index is 5.01. The number of rotatable bonds is 3. The molecule has 0 atom stereocenters. The van der Waals surface area contributed by atoms with E-state index in [-0.39, 0.29) is 0 Å². The van der Waals surface area contributed by atoms with Gasteiger partial charge in [0.25, 0.3) is 0 Å². The zero-order valence-electron chi connectivity index (χ0n) is 15.5. The number of pyridine rings is 2. The summed E-state index contributed by atoms with van der Waals surface area (Å²) in [5.41, 5.74) is 5.38. The van der Waals surface area contributed by atoms with Gasteiger partial charge in [-0.05, 0) is 52.9 Å². The van der Waals surface area contributed by atoms with Crippen LogP contribution in [-0.4, -0.2) is 16.2 Å². The molecule has 0 radical (unpaired) electrons. The van der Waals surface area contributed by atoms with Crippen molar-refractivity contribution in [1.82, 2.24) is 9.97 Å². The minimum absolute atomic E-state index is 0.981. The first-order valence-electron chi connectivity index (χ1n) is 9.21. The Morgan fingerprint density at radius 2 is 1.64 bits per heavy atom. The van der Waals surface area contributed by atoms with Crippen molar-refractivity contribution >= 4 is 33.4 Å². The van der Waals surface area contributed by atoms with Crippen molar-refractivity contribution in [3.05, 3.63) is 91.3 Å². The molecule has 3 aromatic carbocycles. The number of thioether (sulfide) groups is 1. The number of hydrogen-bond acceptors (Lipinski definition) is 3. The lowest BCUT2D eigenvalue weighted by Crippen LogP contribution is -1.91. The van der Waals surface area contributed by atoms with Gasteiger partial charge < -0.3 is 0 Å². The van der Waals surface area contributed by atoms with Crippen LogP contribution in [0.25, 0.3) is 44.1 Å². The molecule has 0 fully saturated rings. The molecule has 134 valence electrons. The highest BCUT2D eigenvalue weighted by molar-refractivity contribution is 7.98. The topological polar surface area (TPSA) is 25.8 Å². The monoisotopic (exact) mass is 378 g/mol. The zero-order valence-corrected chi connectivity index (χ0v) is 16.3. The lowest BCUT2D eigenvalue weighted by atomic mass is 9.95. The molecule has 2 heterocycles. The van der Waals surface area contributed by atoms with Crippen LogP contribution in [0.4, 0.5) is 0 Å². The fourth-order valence-corrected chi connectivity index (χ4v) is 4.07. The minimum atomic E-state index is 0.981. The molecule has 2 aromatic heterocycles. The molecule has 0 bridgehead atoms. The van der Waals surface area contributed by atoms with Crippen LogP contribution in [0.3, 0.4) is 0 Å². The van der Waals surface area contributed by atoms with E-state index in [0.717, 1.165) is 22.3 Å². The van der Waals surface area contributed by atoms with Gasteiger partial charge in [0.05, 0.1) is 11.2 Å². The maximum atomic E-state index is 5.01. The molecule has 0 saturated carbocycles. The van der Waals surface area contributed by atoms with Gasteiger partial charge in [0.15, 0.2) is 0 Å². The fourth-order valence-electron chi connectivity index (χ4n) is 3.67. The molecule has 0 spiro atoms. The summed E-state index contributed by atoms with van der Waals surface area (Å²) in [4.78, 5) is 10.6. The third-order valence-electron chi connectivity index (χ3n) is 5.06. The summed E-state index contributed by atoms with van der Waals surface area (Å²) < 4.78 is 0. The predicted octanol–water partition coefficient (Wildman–Crippen LogP) is 6.84. The number of nitrogens with zero attached hydrogens (tertiary/aromatic N) is 2. The van der Waals surface area contributed by atoms with Crippen LogP contribution >= 0.6 is 11.8 Å². The van der Waals surface area contributed by atoms with Crippen LogP contribution in [0.1, 0.15) is 0 Å². The maximum Gasteiger partial charge on any atom is 0.0722 e. The molecule has 2 nitrogen and oxygen atoms in total. The zero-order chi connectivity index (χ0) is 18.9. The second-order valence-corrected chi connectivity index (χ2v) is 7.59. The Bertz CT molecular complexity index is 1280. The standard InChI is InChI=1S/C25H18N2S/c1-28-20-11-8-18(9-12-20)24-15-22(19-6-4-14-26-16-19)25-21-7-3-2-5-17(21)10-13-23(25)27-24/h2-16H,1H3. The van der Waals surface area contributed by atoms with Crippen LogP contribution in [0, 0.1) is 0 Å². The van der Waals surface area contributed by atoms with Crippen LogP contribution in [-0.2, 0) is 0 Å². The lowest BCUT2D eigenvalue weighted by molar-refractivity contribution is 1.33. The van der Waals surface area contributed by atoms with E-state index in [2.05, 4.69) is 84.0 Å². The molecule has 5 aromatic rings. The highest BCUT2D eigenvalue weighted by atomic mass is 32.2. The third-order valence-corrected chi connectivity index (χ3v) is 5.80. The molecule has 0 N–H and O–H groups in total. The largest absolute Gasteiger partial charge is 0.264 e. The van der Waals surface area contributed by atoms with Gasteiger partial charge in [-0.2, -0.15) is 0 Å². The van der Waals surface area contributed by atoms with Gasteiger partial charge in [0.2, 0.25) is 0 Å². The van der Waals surface area contributed by atoms with E-state index in [0.29, 0.717) is 0 Å². The molecule has 0 aliphatic heterocycles. The van der Waals surface area contributed by atoms with Crippen LogP contribution in [0.2, 0.25) is 0 Å². The minimum Gasteiger partial charge on any atom is -0.264 e. The number of hydrogen-bond donors (Lipinski definition) is 0. The Balaban J connectivity index is 1.84. The molecular weight excluding hydrogens is 360 g/mol. The number of benzene rings is 3. The Hall–Kier alpha value is -3.17. The van der Waals surface area contributed by atoms with Crippen molar-refractivity contribution in [1.29, 1.82) is 0 Å². The normalized spacial score (nSPS) is 11.2. The molecule has 5 rings (SSSR count). The van der Waals surface area contributed by atoms with Gasteiger partial charge in [-0.25, -0.2) is 4.98 Å². The third kappa shape index (κ3) is 2.94. The summed E-state index contributed by atoms with van der Waals surface area (Å²) in [6.07, 6.45) is 5.83. The van der Waals surface area contributed by atoms with E-state index in [1.165, 1.54) is 26.6 Å². The summed E-state index contributed by atoms with van der Waals surface area (Å²) in [5.74, 6) is 0. The molecule has 0 aliphatic rings. The van der Waals surface area contributed by atoms with Crippen molar-refractivity contribution in [3.63, 3.8) is 0 Å². The SMILES string of the molecule is CSc1ccc(-c2cc(-c3cccnc3)c3c(ccc4ccccc43)n2)cc1.